The van der Waals surface area contributed by atoms with E-state index in [4.69, 9.17) is 18.9 Å². The first-order valence-corrected chi connectivity index (χ1v) is 14.7. The molecule has 4 aliphatic rings. The van der Waals surface area contributed by atoms with Gasteiger partial charge in [-0.15, -0.1) is 0 Å². The quantitative estimate of drug-likeness (QED) is 0.346. The summed E-state index contributed by atoms with van der Waals surface area (Å²) < 4.78 is 26.6. The number of nitrogens with one attached hydrogen (secondary N) is 1. The fourth-order valence-corrected chi connectivity index (χ4v) is 7.06. The molecular weight excluding hydrogens is 496 g/mol. The van der Waals surface area contributed by atoms with Crippen LogP contribution in [0, 0.1) is 17.8 Å². The van der Waals surface area contributed by atoms with Gasteiger partial charge in [0.25, 0.3) is 0 Å². The number of imidazole rings is 1. The summed E-state index contributed by atoms with van der Waals surface area (Å²) >= 11 is 0. The molecule has 39 heavy (non-hydrogen) atoms. The smallest absolute Gasteiger partial charge is 0.408 e. The van der Waals surface area contributed by atoms with E-state index in [0.29, 0.717) is 18.9 Å². The minimum atomic E-state index is -0.429. The standard InChI is InChI=1S/C30H48N4O5/c1-19(2)8-9-24-29(5,39-24)27-26(36-7)23(10-12-30(27)17-37-30)38-28(35)32-25(20(3)4)22-16-34(18-31-22)15-21-11-13-33(6)14-21/h8,16,18,20-21,23-27H,9-15,17H2,1-7H3,(H,32,35)/t21-,23-,24-,25+,26-,27-,29+,30+/m1/s1. The number of alkyl carbamates (subject to hydrolysis) is 1. The Morgan fingerprint density at radius 3 is 2.72 bits per heavy atom. The number of hydrogen-bond acceptors (Lipinski definition) is 7. The number of ether oxygens (including phenoxy) is 4. The topological polar surface area (TPSA) is 93.7 Å². The van der Waals surface area contributed by atoms with Crippen molar-refractivity contribution in [2.75, 3.05) is 33.9 Å². The summed E-state index contributed by atoms with van der Waals surface area (Å²) in [7, 11) is 3.88. The monoisotopic (exact) mass is 544 g/mol. The number of hydrogen-bond donors (Lipinski definition) is 1. The lowest BCUT2D eigenvalue weighted by Gasteiger charge is -2.42. The van der Waals surface area contributed by atoms with Gasteiger partial charge in [0, 0.05) is 26.4 Å². The van der Waals surface area contributed by atoms with Crippen LogP contribution in [0.3, 0.4) is 0 Å². The van der Waals surface area contributed by atoms with Gasteiger partial charge < -0.3 is 33.7 Å². The first kappa shape index (κ1) is 28.6. The molecule has 1 N–H and O–H groups in total. The summed E-state index contributed by atoms with van der Waals surface area (Å²) in [6, 6.07) is -0.235. The number of carbonyl (C=O) groups is 1. The third-order valence-electron chi connectivity index (χ3n) is 9.37. The van der Waals surface area contributed by atoms with Crippen molar-refractivity contribution in [3.05, 3.63) is 29.9 Å². The van der Waals surface area contributed by atoms with Crippen molar-refractivity contribution >= 4 is 6.09 Å². The fraction of sp³-hybridized carbons (Fsp3) is 0.800. The van der Waals surface area contributed by atoms with E-state index in [1.165, 1.54) is 12.0 Å². The van der Waals surface area contributed by atoms with Gasteiger partial charge in [-0.3, -0.25) is 0 Å². The van der Waals surface area contributed by atoms with Gasteiger partial charge in [0.1, 0.15) is 23.4 Å². The predicted molar refractivity (Wildman–Crippen MR) is 148 cm³/mol. The van der Waals surface area contributed by atoms with Gasteiger partial charge in [0.15, 0.2) is 0 Å². The predicted octanol–water partition coefficient (Wildman–Crippen LogP) is 4.33. The average molecular weight is 545 g/mol. The van der Waals surface area contributed by atoms with Crippen molar-refractivity contribution in [1.29, 1.82) is 0 Å². The third-order valence-corrected chi connectivity index (χ3v) is 9.37. The van der Waals surface area contributed by atoms with Gasteiger partial charge in [0.2, 0.25) is 0 Å². The molecule has 8 atom stereocenters. The minimum Gasteiger partial charge on any atom is -0.443 e. The Morgan fingerprint density at radius 1 is 1.33 bits per heavy atom. The highest BCUT2D eigenvalue weighted by Gasteiger charge is 2.72. The van der Waals surface area contributed by atoms with E-state index < -0.39 is 6.09 Å². The van der Waals surface area contributed by atoms with E-state index in [9.17, 15) is 4.79 Å². The molecule has 5 rings (SSSR count). The average Bonchev–Trinajstić information content (AvgIpc) is 3.66. The first-order valence-electron chi connectivity index (χ1n) is 14.7. The summed E-state index contributed by atoms with van der Waals surface area (Å²) in [5.41, 5.74) is 1.55. The number of epoxide rings is 2. The molecule has 9 nitrogen and oxygen atoms in total. The van der Waals surface area contributed by atoms with Crippen molar-refractivity contribution < 1.29 is 23.7 Å². The SMILES string of the molecule is CO[C@@H]1[C@H](OC(=O)N[C@H](c2cn(C[C@@H]3CCN(C)C3)cn2)C(C)C)CC[C@]2(CO2)[C@H]1[C@@]1(C)O[C@@H]1CC=C(C)C. The van der Waals surface area contributed by atoms with Crippen LogP contribution in [0.2, 0.25) is 0 Å². The summed E-state index contributed by atoms with van der Waals surface area (Å²) in [4.78, 5) is 20.3. The molecule has 1 aliphatic carbocycles. The Balaban J connectivity index is 1.23. The highest BCUT2D eigenvalue weighted by atomic mass is 16.6. The maximum atomic E-state index is 13.3. The van der Waals surface area contributed by atoms with Gasteiger partial charge in [0.05, 0.1) is 36.7 Å². The normalized spacial score (nSPS) is 36.7. The summed E-state index contributed by atoms with van der Waals surface area (Å²) in [5.74, 6) is 0.798. The van der Waals surface area contributed by atoms with E-state index in [1.54, 1.807) is 7.11 Å². The number of methoxy groups -OCH3 is 1. The molecule has 9 heteroatoms. The molecule has 0 bridgehead atoms. The molecule has 0 aromatic carbocycles. The van der Waals surface area contributed by atoms with Crippen molar-refractivity contribution in [3.8, 4) is 0 Å². The van der Waals surface area contributed by atoms with E-state index in [-0.39, 0.29) is 47.4 Å². The minimum absolute atomic E-state index is 0.00309. The van der Waals surface area contributed by atoms with E-state index in [0.717, 1.165) is 38.2 Å². The van der Waals surface area contributed by atoms with Crippen molar-refractivity contribution in [2.45, 2.75) is 102 Å². The second-order valence-corrected chi connectivity index (χ2v) is 13.1. The van der Waals surface area contributed by atoms with Crippen LogP contribution in [0.4, 0.5) is 4.79 Å². The molecule has 3 saturated heterocycles. The molecule has 0 radical (unpaired) electrons. The van der Waals surface area contributed by atoms with Gasteiger partial charge >= 0.3 is 6.09 Å². The van der Waals surface area contributed by atoms with Gasteiger partial charge in [-0.25, -0.2) is 9.78 Å². The molecule has 0 unspecified atom stereocenters. The highest BCUT2D eigenvalue weighted by molar-refractivity contribution is 5.68. The zero-order chi connectivity index (χ0) is 27.9. The van der Waals surface area contributed by atoms with Crippen LogP contribution in [-0.4, -0.2) is 83.9 Å². The maximum absolute atomic E-state index is 13.3. The molecular formula is C30H48N4O5. The van der Waals surface area contributed by atoms with E-state index >= 15 is 0 Å². The number of likely N-dealkylation sites (tertiary alicyclic amines) is 1. The molecule has 1 aromatic heterocycles. The van der Waals surface area contributed by atoms with Crippen LogP contribution in [0.1, 0.15) is 72.0 Å². The maximum Gasteiger partial charge on any atom is 0.408 e. The zero-order valence-electron chi connectivity index (χ0n) is 24.8. The molecule has 4 fully saturated rings. The molecule has 3 aliphatic heterocycles. The van der Waals surface area contributed by atoms with Crippen molar-refractivity contribution in [3.63, 3.8) is 0 Å². The van der Waals surface area contributed by atoms with Gasteiger partial charge in [-0.05, 0) is 71.9 Å². The van der Waals surface area contributed by atoms with Crippen molar-refractivity contribution in [1.82, 2.24) is 19.8 Å². The summed E-state index contributed by atoms with van der Waals surface area (Å²) in [6.07, 6.45) is 8.82. The summed E-state index contributed by atoms with van der Waals surface area (Å²) in [5, 5.41) is 3.11. The Morgan fingerprint density at radius 2 is 2.10 bits per heavy atom. The molecule has 1 aromatic rings. The number of carbonyl (C=O) groups excluding carboxylic acids is 1. The van der Waals surface area contributed by atoms with E-state index in [1.807, 2.05) is 6.33 Å². The Labute approximate surface area is 233 Å². The van der Waals surface area contributed by atoms with Crippen LogP contribution in [-0.2, 0) is 25.5 Å². The van der Waals surface area contributed by atoms with E-state index in [2.05, 4.69) is 73.7 Å². The zero-order valence-corrected chi connectivity index (χ0v) is 24.8. The molecule has 218 valence electrons. The first-order chi connectivity index (χ1) is 18.5. The van der Waals surface area contributed by atoms with Gasteiger partial charge in [-0.2, -0.15) is 0 Å². The molecule has 4 heterocycles. The third kappa shape index (κ3) is 6.06. The van der Waals surface area contributed by atoms with Crippen LogP contribution in [0.25, 0.3) is 0 Å². The molecule has 1 amide bonds. The van der Waals surface area contributed by atoms with Crippen LogP contribution >= 0.6 is 0 Å². The number of allylic oxidation sites excluding steroid dienone is 1. The Bertz CT molecular complexity index is 1050. The van der Waals surface area contributed by atoms with Crippen molar-refractivity contribution in [2.24, 2.45) is 17.8 Å². The second kappa shape index (κ2) is 11.1. The lowest BCUT2D eigenvalue weighted by atomic mass is 9.68. The Kier molecular flexibility index (Phi) is 8.17. The lowest BCUT2D eigenvalue weighted by Crippen LogP contribution is -2.56. The number of aromatic nitrogens is 2. The largest absolute Gasteiger partial charge is 0.443 e. The number of nitrogens with zero attached hydrogens (tertiary/aromatic N) is 3. The Hall–Kier alpha value is -1.94. The number of amides is 1. The van der Waals surface area contributed by atoms with Crippen LogP contribution in [0.5, 0.6) is 0 Å². The highest BCUT2D eigenvalue weighted by Crippen LogP contribution is 2.59. The number of rotatable bonds is 10. The molecule has 1 spiro atoms. The van der Waals surface area contributed by atoms with Crippen LogP contribution in [0.15, 0.2) is 24.2 Å². The fourth-order valence-electron chi connectivity index (χ4n) is 7.06. The van der Waals surface area contributed by atoms with Gasteiger partial charge in [-0.1, -0.05) is 25.5 Å². The van der Waals surface area contributed by atoms with Crippen LogP contribution < -0.4 is 5.32 Å². The molecule has 1 saturated carbocycles. The second-order valence-electron chi connectivity index (χ2n) is 13.1. The lowest BCUT2D eigenvalue weighted by molar-refractivity contribution is -0.118. The summed E-state index contributed by atoms with van der Waals surface area (Å²) in [6.45, 7) is 14.5.